The first kappa shape index (κ1) is 22.4. The van der Waals surface area contributed by atoms with Crippen LogP contribution in [0.4, 0.5) is 0 Å². The highest BCUT2D eigenvalue weighted by Crippen LogP contribution is 2.37. The van der Waals surface area contributed by atoms with Crippen LogP contribution in [0.15, 0.2) is 42.2 Å². The van der Waals surface area contributed by atoms with E-state index in [1.165, 1.54) is 5.56 Å². The average molecular weight is 443 g/mol. The summed E-state index contributed by atoms with van der Waals surface area (Å²) in [5, 5.41) is 0.192. The van der Waals surface area contributed by atoms with E-state index >= 15 is 0 Å². The van der Waals surface area contributed by atoms with Gasteiger partial charge in [-0.2, -0.15) is 0 Å². The van der Waals surface area contributed by atoms with Gasteiger partial charge in [-0.3, -0.25) is 9.69 Å². The molecule has 0 aliphatic carbocycles. The van der Waals surface area contributed by atoms with Crippen molar-refractivity contribution >= 4 is 14.2 Å². The van der Waals surface area contributed by atoms with Crippen LogP contribution in [-0.2, 0) is 15.8 Å². The maximum Gasteiger partial charge on any atom is 0.273 e. The number of nitrogens with zero attached hydrogens (tertiary/aromatic N) is 4. The zero-order chi connectivity index (χ0) is 22.2. The second-order valence-corrected chi connectivity index (χ2v) is 15.5. The Morgan fingerprint density at radius 3 is 2.35 bits per heavy atom. The Balaban J connectivity index is 1.28. The summed E-state index contributed by atoms with van der Waals surface area (Å²) in [6, 6.07) is 11.0. The predicted octanol–water partition coefficient (Wildman–Crippen LogP) is 3.85. The Morgan fingerprint density at radius 1 is 1.06 bits per heavy atom. The van der Waals surface area contributed by atoms with Gasteiger partial charge in [-0.25, -0.2) is 0 Å². The smallest absolute Gasteiger partial charge is 0.273 e. The normalized spacial score (nSPS) is 21.1. The van der Waals surface area contributed by atoms with Gasteiger partial charge in [0.05, 0.1) is 13.3 Å². The molecule has 1 aromatic rings. The molecule has 2 saturated heterocycles. The summed E-state index contributed by atoms with van der Waals surface area (Å²) in [5.74, 6) is 0.191. The maximum absolute atomic E-state index is 13.1. The van der Waals surface area contributed by atoms with Crippen molar-refractivity contribution in [2.24, 2.45) is 0 Å². The summed E-state index contributed by atoms with van der Waals surface area (Å²) in [4.78, 5) is 22.1. The number of carbonyl (C=O) groups excluding carboxylic acids is 1. The van der Waals surface area contributed by atoms with E-state index in [0.29, 0.717) is 19.4 Å². The molecule has 0 unspecified atom stereocenters. The molecular weight excluding hydrogens is 404 g/mol. The van der Waals surface area contributed by atoms with Gasteiger partial charge < -0.3 is 19.1 Å². The van der Waals surface area contributed by atoms with Gasteiger partial charge in [-0.15, -0.1) is 0 Å². The van der Waals surface area contributed by atoms with Gasteiger partial charge >= 0.3 is 0 Å². The second-order valence-electron chi connectivity index (χ2n) is 10.7. The molecule has 170 valence electrons. The highest BCUT2D eigenvalue weighted by Gasteiger charge is 2.42. The Labute approximate surface area is 188 Å². The van der Waals surface area contributed by atoms with E-state index in [1.54, 1.807) is 0 Å². The number of carbonyl (C=O) groups is 1. The molecule has 31 heavy (non-hydrogen) atoms. The fraction of sp³-hybridized carbons (Fsp3) is 0.625. The molecule has 3 aliphatic rings. The van der Waals surface area contributed by atoms with Crippen LogP contribution >= 0.6 is 0 Å². The van der Waals surface area contributed by atoms with Gasteiger partial charge in [0, 0.05) is 31.9 Å². The fourth-order valence-electron chi connectivity index (χ4n) is 4.35. The van der Waals surface area contributed by atoms with Crippen LogP contribution in [0.1, 0.15) is 39.2 Å². The van der Waals surface area contributed by atoms with Gasteiger partial charge in [0.2, 0.25) is 0 Å². The van der Waals surface area contributed by atoms with Crippen molar-refractivity contribution in [1.82, 2.24) is 19.6 Å². The summed E-state index contributed by atoms with van der Waals surface area (Å²) < 4.78 is 6.35. The summed E-state index contributed by atoms with van der Waals surface area (Å²) in [6.07, 6.45) is 4.12. The third-order valence-corrected chi connectivity index (χ3v) is 11.9. The van der Waals surface area contributed by atoms with Gasteiger partial charge in [0.15, 0.2) is 8.32 Å². The van der Waals surface area contributed by atoms with Crippen molar-refractivity contribution in [2.45, 2.75) is 64.3 Å². The fourth-order valence-corrected chi connectivity index (χ4v) is 5.27. The number of rotatable bonds is 6. The van der Waals surface area contributed by atoms with Crippen LogP contribution in [-0.4, -0.2) is 73.0 Å². The van der Waals surface area contributed by atoms with Gasteiger partial charge in [0.25, 0.3) is 5.91 Å². The summed E-state index contributed by atoms with van der Waals surface area (Å²) in [5.41, 5.74) is 2.20. The lowest BCUT2D eigenvalue weighted by atomic mass is 10.0. The van der Waals surface area contributed by atoms with Crippen molar-refractivity contribution in [3.8, 4) is 0 Å². The molecule has 3 heterocycles. The number of amides is 1. The molecular formula is C24H38N4O2Si. The SMILES string of the molecule is CC(C)(C)[Si](C)(C)OCN1C=C2C(=O)N(C3CCN(Cc4ccccc4)CC3)CN2C1. The molecule has 0 bridgehead atoms. The van der Waals surface area contributed by atoms with E-state index in [2.05, 4.69) is 83.8 Å². The van der Waals surface area contributed by atoms with E-state index in [0.717, 1.165) is 44.8 Å². The van der Waals surface area contributed by atoms with Crippen molar-refractivity contribution in [1.29, 1.82) is 0 Å². The highest BCUT2D eigenvalue weighted by atomic mass is 28.4. The molecule has 0 atom stereocenters. The summed E-state index contributed by atoms with van der Waals surface area (Å²) in [6.45, 7) is 16.4. The van der Waals surface area contributed by atoms with Crippen LogP contribution < -0.4 is 0 Å². The largest absolute Gasteiger partial charge is 0.400 e. The molecule has 4 rings (SSSR count). The number of hydrogen-bond acceptors (Lipinski definition) is 5. The standard InChI is InChI=1S/C24H38N4O2Si/c1-24(2,3)31(4,5)30-19-26-16-22-23(29)28(18-27(22)17-26)21-11-13-25(14-12-21)15-20-9-7-6-8-10-20/h6-10,16,21H,11-15,17-19H2,1-5H3. The molecule has 0 N–H and O–H groups in total. The van der Waals surface area contributed by atoms with Crippen molar-refractivity contribution in [3.63, 3.8) is 0 Å². The number of fused-ring (bicyclic) bond motifs is 1. The Bertz CT molecular complexity index is 813. The minimum Gasteiger partial charge on any atom is -0.400 e. The van der Waals surface area contributed by atoms with Crippen LogP contribution in [0.5, 0.6) is 0 Å². The van der Waals surface area contributed by atoms with E-state index in [9.17, 15) is 4.79 Å². The minimum atomic E-state index is -1.79. The zero-order valence-corrected chi connectivity index (χ0v) is 20.8. The molecule has 3 aliphatic heterocycles. The maximum atomic E-state index is 13.1. The van der Waals surface area contributed by atoms with Crippen molar-refractivity contribution in [3.05, 3.63) is 47.8 Å². The topological polar surface area (TPSA) is 39.3 Å². The first-order valence-corrected chi connectivity index (χ1v) is 14.5. The first-order valence-electron chi connectivity index (χ1n) is 11.6. The van der Waals surface area contributed by atoms with E-state index in [4.69, 9.17) is 4.43 Å². The molecule has 6 nitrogen and oxygen atoms in total. The molecule has 7 heteroatoms. The Morgan fingerprint density at radius 2 is 1.74 bits per heavy atom. The summed E-state index contributed by atoms with van der Waals surface area (Å²) >= 11 is 0. The van der Waals surface area contributed by atoms with Crippen LogP contribution in [0.3, 0.4) is 0 Å². The molecule has 0 radical (unpaired) electrons. The number of likely N-dealkylation sites (tertiary alicyclic amines) is 1. The van der Waals surface area contributed by atoms with Gasteiger partial charge in [-0.1, -0.05) is 51.1 Å². The number of piperidine rings is 1. The summed E-state index contributed by atoms with van der Waals surface area (Å²) in [7, 11) is -1.79. The molecule has 1 aromatic carbocycles. The lowest BCUT2D eigenvalue weighted by Gasteiger charge is -2.38. The quantitative estimate of drug-likeness (QED) is 0.626. The van der Waals surface area contributed by atoms with E-state index in [1.807, 2.05) is 6.20 Å². The monoisotopic (exact) mass is 442 g/mol. The third-order valence-electron chi connectivity index (χ3n) is 7.45. The van der Waals surface area contributed by atoms with Crippen molar-refractivity contribution < 1.29 is 9.22 Å². The molecule has 0 saturated carbocycles. The predicted molar refractivity (Wildman–Crippen MR) is 126 cm³/mol. The number of benzene rings is 1. The van der Waals surface area contributed by atoms with Crippen LogP contribution in [0.2, 0.25) is 18.1 Å². The third kappa shape index (κ3) is 4.83. The van der Waals surface area contributed by atoms with Gasteiger partial charge in [-0.05, 0) is 36.5 Å². The van der Waals surface area contributed by atoms with E-state index < -0.39 is 8.32 Å². The lowest BCUT2D eigenvalue weighted by molar-refractivity contribution is -0.127. The highest BCUT2D eigenvalue weighted by molar-refractivity contribution is 6.74. The molecule has 1 amide bonds. The molecule has 0 aromatic heterocycles. The minimum absolute atomic E-state index is 0.191. The molecule has 0 spiro atoms. The van der Waals surface area contributed by atoms with Gasteiger partial charge in [0.1, 0.15) is 12.4 Å². The lowest BCUT2D eigenvalue weighted by Crippen LogP contribution is -2.46. The zero-order valence-electron chi connectivity index (χ0n) is 19.8. The molecule has 2 fully saturated rings. The first-order chi connectivity index (χ1) is 14.6. The number of hydrogen-bond donors (Lipinski definition) is 0. The average Bonchev–Trinajstić information content (AvgIpc) is 3.26. The van der Waals surface area contributed by atoms with E-state index in [-0.39, 0.29) is 10.9 Å². The Hall–Kier alpha value is -1.83. The van der Waals surface area contributed by atoms with Crippen LogP contribution in [0.25, 0.3) is 0 Å². The van der Waals surface area contributed by atoms with Crippen LogP contribution in [0, 0.1) is 0 Å². The second kappa shape index (κ2) is 8.60. The van der Waals surface area contributed by atoms with Crippen molar-refractivity contribution in [2.75, 3.05) is 33.2 Å². The Kier molecular flexibility index (Phi) is 6.20.